The molecule has 1 atom stereocenters. The number of thiazole rings is 1. The standard InChI is InChI=1S/C27H26ClN3O7S/c1-15-22(26(34)37-12-11-35-2)23(16-7-9-18(28)10-8-16)31-25(33)20(39-27(31)30-15)13-17-5-4-6-19(36-3)24(17)38-14-21(29)32/h4-10,13,23H,11-12,14H2,1-3H3,(H2,29,32). The number of carbonyl (C=O) groups is 2. The lowest BCUT2D eigenvalue weighted by atomic mass is 9.96. The molecule has 1 aromatic heterocycles. The van der Waals surface area contributed by atoms with Crippen molar-refractivity contribution in [2.24, 2.45) is 10.7 Å². The van der Waals surface area contributed by atoms with E-state index in [1.165, 1.54) is 18.8 Å². The summed E-state index contributed by atoms with van der Waals surface area (Å²) < 4.78 is 23.2. The number of benzene rings is 2. The minimum Gasteiger partial charge on any atom is -0.493 e. The van der Waals surface area contributed by atoms with Crippen molar-refractivity contribution in [1.82, 2.24) is 4.57 Å². The van der Waals surface area contributed by atoms with Gasteiger partial charge in [-0.1, -0.05) is 47.2 Å². The lowest BCUT2D eigenvalue weighted by Gasteiger charge is -2.24. The normalized spacial score (nSPS) is 15.0. The molecule has 0 saturated carbocycles. The molecule has 0 bridgehead atoms. The van der Waals surface area contributed by atoms with Crippen LogP contribution in [0.5, 0.6) is 11.5 Å². The summed E-state index contributed by atoms with van der Waals surface area (Å²) in [5, 5.41) is 0.512. The number of amides is 1. The number of hydrogen-bond acceptors (Lipinski definition) is 9. The van der Waals surface area contributed by atoms with Crippen LogP contribution in [0.25, 0.3) is 6.08 Å². The van der Waals surface area contributed by atoms with Crippen LogP contribution < -0.4 is 30.1 Å². The summed E-state index contributed by atoms with van der Waals surface area (Å²) in [5.74, 6) is -0.627. The third-order valence-corrected chi connectivity index (χ3v) is 7.06. The average Bonchev–Trinajstić information content (AvgIpc) is 3.21. The van der Waals surface area contributed by atoms with Crippen molar-refractivity contribution in [3.05, 3.63) is 89.6 Å². The Morgan fingerprint density at radius 2 is 1.90 bits per heavy atom. The van der Waals surface area contributed by atoms with Gasteiger partial charge < -0.3 is 24.7 Å². The SMILES string of the molecule is COCCOC(=O)C1=C(C)N=c2sc(=Cc3cccc(OC)c3OCC(N)=O)c(=O)n2C1c1ccc(Cl)cc1. The van der Waals surface area contributed by atoms with Gasteiger partial charge in [0, 0.05) is 17.7 Å². The first kappa shape index (κ1) is 28.1. The third-order valence-electron chi connectivity index (χ3n) is 5.82. The minimum absolute atomic E-state index is 0.0494. The first-order chi connectivity index (χ1) is 18.7. The molecule has 204 valence electrons. The Morgan fingerprint density at radius 3 is 2.56 bits per heavy atom. The molecule has 0 saturated heterocycles. The second-order valence-corrected chi connectivity index (χ2v) is 9.84. The van der Waals surface area contributed by atoms with Crippen LogP contribution in [0.1, 0.15) is 24.1 Å². The van der Waals surface area contributed by atoms with Gasteiger partial charge in [0.15, 0.2) is 22.9 Å². The topological polar surface area (TPSA) is 131 Å². The van der Waals surface area contributed by atoms with E-state index in [1.54, 1.807) is 55.5 Å². The molecule has 0 radical (unpaired) electrons. The number of para-hydroxylation sites is 1. The number of fused-ring (bicyclic) bond motifs is 1. The number of halogens is 1. The molecule has 12 heteroatoms. The summed E-state index contributed by atoms with van der Waals surface area (Å²) in [4.78, 5) is 43.4. The third kappa shape index (κ3) is 6.06. The summed E-state index contributed by atoms with van der Waals surface area (Å²) in [6.45, 7) is 1.61. The maximum atomic E-state index is 13.9. The zero-order valence-corrected chi connectivity index (χ0v) is 23.0. The van der Waals surface area contributed by atoms with Crippen LogP contribution in [0.15, 0.2) is 63.5 Å². The molecular formula is C27H26ClN3O7S. The minimum atomic E-state index is -0.799. The van der Waals surface area contributed by atoms with E-state index in [9.17, 15) is 14.4 Å². The van der Waals surface area contributed by atoms with E-state index in [0.717, 1.165) is 11.3 Å². The maximum Gasteiger partial charge on any atom is 0.338 e. The molecule has 4 rings (SSSR count). The maximum absolute atomic E-state index is 13.9. The van der Waals surface area contributed by atoms with Crippen molar-refractivity contribution in [2.75, 3.05) is 34.0 Å². The number of primary amides is 1. The highest BCUT2D eigenvalue weighted by Crippen LogP contribution is 2.33. The molecule has 1 aliphatic heterocycles. The highest BCUT2D eigenvalue weighted by molar-refractivity contribution is 7.07. The lowest BCUT2D eigenvalue weighted by Crippen LogP contribution is -2.40. The van der Waals surface area contributed by atoms with E-state index in [4.69, 9.17) is 36.3 Å². The number of aromatic nitrogens is 1. The number of hydrogen-bond donors (Lipinski definition) is 1. The van der Waals surface area contributed by atoms with Gasteiger partial charge in [0.25, 0.3) is 11.5 Å². The molecule has 2 heterocycles. The van der Waals surface area contributed by atoms with Crippen LogP contribution in [0.2, 0.25) is 5.02 Å². The Labute approximate surface area is 232 Å². The van der Waals surface area contributed by atoms with Crippen LogP contribution in [0.4, 0.5) is 0 Å². The summed E-state index contributed by atoms with van der Waals surface area (Å²) in [6.07, 6.45) is 1.62. The number of rotatable bonds is 10. The zero-order chi connectivity index (χ0) is 28.1. The van der Waals surface area contributed by atoms with Gasteiger partial charge in [-0.05, 0) is 36.8 Å². The number of ether oxygens (including phenoxy) is 4. The fourth-order valence-corrected chi connectivity index (χ4v) is 5.25. The molecule has 1 unspecified atom stereocenters. The van der Waals surface area contributed by atoms with Crippen molar-refractivity contribution in [3.63, 3.8) is 0 Å². The van der Waals surface area contributed by atoms with Gasteiger partial charge in [-0.15, -0.1) is 0 Å². The molecule has 0 spiro atoms. The van der Waals surface area contributed by atoms with Crippen LogP contribution in [0, 0.1) is 0 Å². The predicted molar refractivity (Wildman–Crippen MR) is 146 cm³/mol. The fourth-order valence-electron chi connectivity index (χ4n) is 4.08. The Morgan fingerprint density at radius 1 is 1.15 bits per heavy atom. The second-order valence-electron chi connectivity index (χ2n) is 8.40. The Hall–Kier alpha value is -3.93. The smallest absolute Gasteiger partial charge is 0.338 e. The van der Waals surface area contributed by atoms with Gasteiger partial charge >= 0.3 is 5.97 Å². The van der Waals surface area contributed by atoms with Crippen molar-refractivity contribution in [1.29, 1.82) is 0 Å². The molecular weight excluding hydrogens is 546 g/mol. The first-order valence-electron chi connectivity index (χ1n) is 11.8. The van der Waals surface area contributed by atoms with Gasteiger partial charge in [-0.3, -0.25) is 14.2 Å². The van der Waals surface area contributed by atoms with Gasteiger partial charge in [-0.25, -0.2) is 9.79 Å². The molecule has 0 aliphatic carbocycles. The summed E-state index contributed by atoms with van der Waals surface area (Å²) in [5.41, 5.74) is 6.70. The van der Waals surface area contributed by atoms with E-state index < -0.39 is 17.9 Å². The Bertz CT molecular complexity index is 1610. The quantitative estimate of drug-likeness (QED) is 0.291. The van der Waals surface area contributed by atoms with Crippen molar-refractivity contribution < 1.29 is 28.5 Å². The number of methoxy groups -OCH3 is 2. The van der Waals surface area contributed by atoms with Crippen LogP contribution >= 0.6 is 22.9 Å². The number of nitrogens with two attached hydrogens (primary N) is 1. The summed E-state index contributed by atoms with van der Waals surface area (Å²) >= 11 is 7.27. The summed E-state index contributed by atoms with van der Waals surface area (Å²) in [7, 11) is 2.97. The number of carbonyl (C=O) groups excluding carboxylic acids is 2. The number of nitrogens with zero attached hydrogens (tertiary/aromatic N) is 2. The lowest BCUT2D eigenvalue weighted by molar-refractivity contribution is -0.140. The zero-order valence-electron chi connectivity index (χ0n) is 21.4. The molecule has 39 heavy (non-hydrogen) atoms. The predicted octanol–water partition coefficient (Wildman–Crippen LogP) is 1.95. The molecule has 2 aromatic carbocycles. The molecule has 3 aromatic rings. The average molecular weight is 572 g/mol. The number of esters is 1. The Balaban J connectivity index is 1.89. The van der Waals surface area contributed by atoms with E-state index >= 15 is 0 Å². The molecule has 1 amide bonds. The van der Waals surface area contributed by atoms with Crippen molar-refractivity contribution in [3.8, 4) is 11.5 Å². The van der Waals surface area contributed by atoms with Gasteiger partial charge in [0.1, 0.15) is 6.61 Å². The molecule has 1 aliphatic rings. The first-order valence-corrected chi connectivity index (χ1v) is 13.0. The van der Waals surface area contributed by atoms with Gasteiger partial charge in [0.05, 0.1) is 35.6 Å². The number of allylic oxidation sites excluding steroid dienone is 1. The molecule has 10 nitrogen and oxygen atoms in total. The molecule has 2 N–H and O–H groups in total. The van der Waals surface area contributed by atoms with Crippen LogP contribution in [-0.2, 0) is 19.1 Å². The monoisotopic (exact) mass is 571 g/mol. The second kappa shape index (κ2) is 12.3. The van der Waals surface area contributed by atoms with Gasteiger partial charge in [-0.2, -0.15) is 0 Å². The highest BCUT2D eigenvalue weighted by Gasteiger charge is 2.33. The summed E-state index contributed by atoms with van der Waals surface area (Å²) in [6, 6.07) is 11.2. The van der Waals surface area contributed by atoms with E-state index in [-0.39, 0.29) is 36.7 Å². The van der Waals surface area contributed by atoms with Crippen LogP contribution in [0.3, 0.4) is 0 Å². The Kier molecular flexibility index (Phi) is 8.85. The largest absolute Gasteiger partial charge is 0.493 e. The molecule has 0 fully saturated rings. The van der Waals surface area contributed by atoms with Crippen molar-refractivity contribution in [2.45, 2.75) is 13.0 Å². The van der Waals surface area contributed by atoms with E-state index in [1.807, 2.05) is 0 Å². The van der Waals surface area contributed by atoms with Gasteiger partial charge in [0.2, 0.25) is 0 Å². The van der Waals surface area contributed by atoms with E-state index in [2.05, 4.69) is 4.99 Å². The van der Waals surface area contributed by atoms with Crippen molar-refractivity contribution >= 4 is 40.9 Å². The van der Waals surface area contributed by atoms with E-state index in [0.29, 0.717) is 36.9 Å². The highest BCUT2D eigenvalue weighted by atomic mass is 35.5. The van der Waals surface area contributed by atoms with Crippen LogP contribution in [-0.4, -0.2) is 50.5 Å². The fraction of sp³-hybridized carbons (Fsp3) is 0.259.